The number of piperidine rings is 1. The standard InChI is InChI=1S/C27H26FN3O3/c28-20-7-2-6-19(11-20)12-22-21-15-23(30-16-27(21)8-3-9-29-26(27)31-22)24(32)13-17-4-1-5-18(10-17)14-25(33)34/h1-11,21-23,30H,12-16H2,(H,33,34). The summed E-state index contributed by atoms with van der Waals surface area (Å²) in [6.07, 6.45) is 7.19. The number of carboxylic acid groups (broad SMARTS) is 1. The zero-order valence-electron chi connectivity index (χ0n) is 18.7. The predicted molar refractivity (Wildman–Crippen MR) is 128 cm³/mol. The normalized spacial score (nSPS) is 27.1. The number of carboxylic acids is 1. The molecule has 0 aliphatic carbocycles. The van der Waals surface area contributed by atoms with E-state index in [2.05, 4.69) is 16.4 Å². The average molecular weight is 460 g/mol. The summed E-state index contributed by atoms with van der Waals surface area (Å²) in [5, 5.41) is 12.5. The van der Waals surface area contributed by atoms with Gasteiger partial charge in [-0.05, 0) is 47.7 Å². The van der Waals surface area contributed by atoms with E-state index in [0.29, 0.717) is 24.9 Å². The van der Waals surface area contributed by atoms with Crippen LogP contribution in [0.1, 0.15) is 23.1 Å². The number of aliphatic imine (C=N–C) groups is 2. The number of halogens is 1. The Bertz CT molecular complexity index is 1220. The van der Waals surface area contributed by atoms with Crippen LogP contribution >= 0.6 is 0 Å². The Hall–Kier alpha value is -3.45. The highest BCUT2D eigenvalue weighted by atomic mass is 19.1. The van der Waals surface area contributed by atoms with Gasteiger partial charge in [-0.1, -0.05) is 42.5 Å². The molecule has 0 aromatic heterocycles. The Morgan fingerprint density at radius 3 is 2.65 bits per heavy atom. The lowest BCUT2D eigenvalue weighted by atomic mass is 9.66. The SMILES string of the molecule is O=C(O)Cc1cccc(CC(=O)C2CC3C(Cc4cccc(F)c4)N=C4N=CC=CC43CN2)c1. The van der Waals surface area contributed by atoms with Gasteiger partial charge in [-0.2, -0.15) is 0 Å². The van der Waals surface area contributed by atoms with Crippen LogP contribution in [0.4, 0.5) is 4.39 Å². The molecule has 2 aromatic carbocycles. The summed E-state index contributed by atoms with van der Waals surface area (Å²) < 4.78 is 13.8. The fourth-order valence-electron chi connectivity index (χ4n) is 5.51. The van der Waals surface area contributed by atoms with Gasteiger partial charge in [0.05, 0.1) is 23.9 Å². The van der Waals surface area contributed by atoms with Gasteiger partial charge in [-0.15, -0.1) is 0 Å². The van der Waals surface area contributed by atoms with Crippen LogP contribution in [0.2, 0.25) is 0 Å². The molecule has 5 rings (SSSR count). The third-order valence-electron chi connectivity index (χ3n) is 7.09. The first-order chi connectivity index (χ1) is 16.4. The van der Waals surface area contributed by atoms with Crippen LogP contribution < -0.4 is 5.32 Å². The Labute approximate surface area is 197 Å². The zero-order valence-corrected chi connectivity index (χ0v) is 18.7. The van der Waals surface area contributed by atoms with Gasteiger partial charge >= 0.3 is 5.97 Å². The molecule has 3 aliphatic rings. The summed E-state index contributed by atoms with van der Waals surface area (Å²) in [7, 11) is 0. The number of aliphatic carboxylic acids is 1. The van der Waals surface area contributed by atoms with Gasteiger partial charge in [0.25, 0.3) is 0 Å². The summed E-state index contributed by atoms with van der Waals surface area (Å²) in [5.41, 5.74) is 2.02. The number of nitrogens with zero attached hydrogens (tertiary/aromatic N) is 2. The number of allylic oxidation sites excluding steroid dienone is 1. The number of amidine groups is 1. The maximum Gasteiger partial charge on any atom is 0.307 e. The van der Waals surface area contributed by atoms with Crippen molar-refractivity contribution in [3.8, 4) is 0 Å². The van der Waals surface area contributed by atoms with Gasteiger partial charge < -0.3 is 10.4 Å². The predicted octanol–water partition coefficient (Wildman–Crippen LogP) is 3.19. The number of hydrogen-bond donors (Lipinski definition) is 2. The number of carbonyl (C=O) groups excluding carboxylic acids is 1. The number of rotatable bonds is 7. The van der Waals surface area contributed by atoms with Crippen LogP contribution in [0.5, 0.6) is 0 Å². The van der Waals surface area contributed by atoms with Crippen molar-refractivity contribution in [3.05, 3.63) is 83.2 Å². The van der Waals surface area contributed by atoms with E-state index in [-0.39, 0.29) is 47.9 Å². The molecule has 1 fully saturated rings. The van der Waals surface area contributed by atoms with E-state index in [1.54, 1.807) is 36.5 Å². The number of dihydropyridines is 1. The van der Waals surface area contributed by atoms with E-state index in [9.17, 15) is 14.0 Å². The first-order valence-corrected chi connectivity index (χ1v) is 11.5. The second-order valence-electron chi connectivity index (χ2n) is 9.34. The molecular weight excluding hydrogens is 433 g/mol. The van der Waals surface area contributed by atoms with E-state index < -0.39 is 5.97 Å². The van der Waals surface area contributed by atoms with E-state index in [1.165, 1.54) is 6.07 Å². The smallest absolute Gasteiger partial charge is 0.307 e. The third-order valence-corrected chi connectivity index (χ3v) is 7.09. The number of nitrogens with one attached hydrogen (secondary N) is 1. The molecule has 174 valence electrons. The maximum absolute atomic E-state index is 13.8. The highest BCUT2D eigenvalue weighted by Gasteiger charge is 2.54. The molecule has 3 aliphatic heterocycles. The van der Waals surface area contributed by atoms with Crippen LogP contribution in [0.3, 0.4) is 0 Å². The molecular formula is C27H26FN3O3. The summed E-state index contributed by atoms with van der Waals surface area (Å²) in [6, 6.07) is 13.4. The van der Waals surface area contributed by atoms with E-state index in [1.807, 2.05) is 18.2 Å². The monoisotopic (exact) mass is 459 g/mol. The Kier molecular flexibility index (Phi) is 5.96. The number of ketones is 1. The molecule has 4 atom stereocenters. The third kappa shape index (κ3) is 4.35. The van der Waals surface area contributed by atoms with Gasteiger partial charge in [-0.25, -0.2) is 9.38 Å². The zero-order chi connectivity index (χ0) is 23.7. The molecule has 34 heavy (non-hydrogen) atoms. The molecule has 3 heterocycles. The number of Topliss-reactive ketones (excluding diaryl/α,β-unsaturated/α-hetero) is 1. The summed E-state index contributed by atoms with van der Waals surface area (Å²) in [5.74, 6) is -0.234. The van der Waals surface area contributed by atoms with Gasteiger partial charge in [0.1, 0.15) is 11.7 Å². The average Bonchev–Trinajstić information content (AvgIpc) is 3.12. The maximum atomic E-state index is 13.8. The van der Waals surface area contributed by atoms with E-state index in [4.69, 9.17) is 10.1 Å². The van der Waals surface area contributed by atoms with Crippen LogP contribution in [-0.4, -0.2) is 47.5 Å². The minimum atomic E-state index is -0.896. The lowest BCUT2D eigenvalue weighted by Crippen LogP contribution is -2.56. The highest BCUT2D eigenvalue weighted by molar-refractivity contribution is 6.02. The Balaban J connectivity index is 1.34. The van der Waals surface area contributed by atoms with Gasteiger partial charge in [0.15, 0.2) is 5.78 Å². The quantitative estimate of drug-likeness (QED) is 0.665. The fraction of sp³-hybridized carbons (Fsp3) is 0.333. The van der Waals surface area contributed by atoms with Crippen LogP contribution in [0.15, 0.2) is 70.7 Å². The van der Waals surface area contributed by atoms with Gasteiger partial charge in [0, 0.05) is 25.1 Å². The van der Waals surface area contributed by atoms with Crippen molar-refractivity contribution in [1.29, 1.82) is 0 Å². The fourth-order valence-corrected chi connectivity index (χ4v) is 5.51. The van der Waals surface area contributed by atoms with Crippen molar-refractivity contribution in [2.24, 2.45) is 21.3 Å². The molecule has 2 aromatic rings. The van der Waals surface area contributed by atoms with Crippen LogP contribution in [0.25, 0.3) is 0 Å². The molecule has 0 radical (unpaired) electrons. The summed E-state index contributed by atoms with van der Waals surface area (Å²) >= 11 is 0. The van der Waals surface area contributed by atoms with Gasteiger partial charge in [0.2, 0.25) is 0 Å². The van der Waals surface area contributed by atoms with Crippen molar-refractivity contribution in [1.82, 2.24) is 5.32 Å². The first-order valence-electron chi connectivity index (χ1n) is 11.5. The molecule has 2 N–H and O–H groups in total. The topological polar surface area (TPSA) is 91.1 Å². The number of hydrogen-bond acceptors (Lipinski definition) is 5. The molecule has 0 bridgehead atoms. The molecule has 1 saturated heterocycles. The second-order valence-corrected chi connectivity index (χ2v) is 9.34. The lowest BCUT2D eigenvalue weighted by molar-refractivity contribution is -0.136. The van der Waals surface area contributed by atoms with Crippen molar-refractivity contribution in [2.75, 3.05) is 6.54 Å². The molecule has 6 nitrogen and oxygen atoms in total. The molecule has 4 unspecified atom stereocenters. The number of benzene rings is 2. The van der Waals surface area contributed by atoms with Crippen molar-refractivity contribution >= 4 is 23.8 Å². The van der Waals surface area contributed by atoms with E-state index in [0.717, 1.165) is 17.0 Å². The minimum Gasteiger partial charge on any atom is -0.481 e. The minimum absolute atomic E-state index is 0.0664. The number of carbonyl (C=O) groups is 2. The van der Waals surface area contributed by atoms with Gasteiger partial charge in [-0.3, -0.25) is 14.6 Å². The summed E-state index contributed by atoms with van der Waals surface area (Å²) in [4.78, 5) is 33.7. The largest absolute Gasteiger partial charge is 0.481 e. The molecule has 0 amide bonds. The van der Waals surface area contributed by atoms with Crippen LogP contribution in [-0.2, 0) is 28.9 Å². The van der Waals surface area contributed by atoms with Crippen molar-refractivity contribution in [3.63, 3.8) is 0 Å². The van der Waals surface area contributed by atoms with Crippen molar-refractivity contribution in [2.45, 2.75) is 37.8 Å². The molecule has 1 spiro atoms. The van der Waals surface area contributed by atoms with E-state index >= 15 is 0 Å². The Morgan fingerprint density at radius 2 is 1.85 bits per heavy atom. The first kappa shape index (κ1) is 22.3. The molecule has 0 saturated carbocycles. The lowest BCUT2D eigenvalue weighted by Gasteiger charge is -2.43. The Morgan fingerprint density at radius 1 is 1.09 bits per heavy atom. The highest BCUT2D eigenvalue weighted by Crippen LogP contribution is 2.47. The summed E-state index contributed by atoms with van der Waals surface area (Å²) in [6.45, 7) is 0.569. The molecule has 7 heteroatoms. The van der Waals surface area contributed by atoms with Crippen LogP contribution in [0, 0.1) is 17.2 Å². The second kappa shape index (κ2) is 9.06. The van der Waals surface area contributed by atoms with Crippen molar-refractivity contribution < 1.29 is 19.1 Å².